The van der Waals surface area contributed by atoms with E-state index in [1.807, 2.05) is 0 Å². The van der Waals surface area contributed by atoms with E-state index < -0.39 is 24.0 Å². The van der Waals surface area contributed by atoms with Crippen LogP contribution in [0.25, 0.3) is 0 Å². The first kappa shape index (κ1) is 50.7. The van der Waals surface area contributed by atoms with E-state index in [1.54, 1.807) is 0 Å². The number of rotatable bonds is 7. The van der Waals surface area contributed by atoms with Crippen molar-refractivity contribution in [2.24, 2.45) is 40.1 Å². The highest BCUT2D eigenvalue weighted by Crippen LogP contribution is 1.98. The van der Waals surface area contributed by atoms with Gasteiger partial charge in [-0.3, -0.25) is 33.6 Å². The van der Waals surface area contributed by atoms with E-state index >= 15 is 0 Å². The van der Waals surface area contributed by atoms with Crippen molar-refractivity contribution >= 4 is 53.1 Å². The molecule has 21 nitrogen and oxygen atoms in total. The van der Waals surface area contributed by atoms with Crippen molar-refractivity contribution in [3.63, 3.8) is 0 Å². The van der Waals surface area contributed by atoms with Crippen LogP contribution >= 0.6 is 11.6 Å². The van der Waals surface area contributed by atoms with Gasteiger partial charge in [0.1, 0.15) is 18.1 Å². The largest absolute Gasteiger partial charge is 0.480 e. The SMILES string of the molecule is CC(=O)N[C@H]1CCNC1=O.CCl.COC(=O)[C@@H](N)CCN.NCC[C@H](N)C(=O)O.N[C@H]1CCNC1=O.N[C@H]1CCNC1=O.N[C@H]1CCNC1=O. The highest BCUT2D eigenvalue weighted by atomic mass is 35.5. The van der Waals surface area contributed by atoms with Gasteiger partial charge in [0.25, 0.3) is 0 Å². The minimum absolute atomic E-state index is 0.0139. The lowest BCUT2D eigenvalue weighted by Crippen LogP contribution is -2.38. The van der Waals surface area contributed by atoms with Gasteiger partial charge in [0, 0.05) is 39.5 Å². The van der Waals surface area contributed by atoms with Gasteiger partial charge in [-0.25, -0.2) is 0 Å². The second-order valence-corrected chi connectivity index (χ2v) is 10.6. The van der Waals surface area contributed by atoms with Crippen LogP contribution in [0.2, 0.25) is 0 Å². The Morgan fingerprint density at radius 3 is 1.26 bits per heavy atom. The van der Waals surface area contributed by atoms with Gasteiger partial charge in [-0.05, 0) is 51.6 Å². The fourth-order valence-corrected chi connectivity index (χ4v) is 3.57. The lowest BCUT2D eigenvalue weighted by molar-refractivity contribution is -0.142. The summed E-state index contributed by atoms with van der Waals surface area (Å²) < 4.78 is 4.35. The predicted molar refractivity (Wildman–Crippen MR) is 187 cm³/mol. The van der Waals surface area contributed by atoms with Crippen LogP contribution in [0.1, 0.15) is 45.4 Å². The number of nitrogens with one attached hydrogen (secondary N) is 5. The molecule has 0 aromatic carbocycles. The molecule has 5 amide bonds. The molecule has 0 aliphatic carbocycles. The lowest BCUT2D eigenvalue weighted by atomic mass is 10.2. The quantitative estimate of drug-likeness (QED) is 0.0852. The Morgan fingerprint density at radius 2 is 1.08 bits per heavy atom. The lowest BCUT2D eigenvalue weighted by Gasteiger charge is -2.05. The van der Waals surface area contributed by atoms with Crippen molar-refractivity contribution in [2.75, 3.05) is 52.8 Å². The van der Waals surface area contributed by atoms with Crippen LogP contribution < -0.4 is 66.7 Å². The van der Waals surface area contributed by atoms with Gasteiger partial charge in [0.2, 0.25) is 29.5 Å². The van der Waals surface area contributed by atoms with Gasteiger partial charge < -0.3 is 76.6 Å². The number of carboxylic acids is 1. The number of hydrogen-bond donors (Lipinski definition) is 13. The Morgan fingerprint density at radius 1 is 0.740 bits per heavy atom. The molecule has 0 unspecified atom stereocenters. The minimum atomic E-state index is -0.990. The molecular weight excluding hydrogens is 684 g/mol. The zero-order chi connectivity index (χ0) is 39.2. The van der Waals surface area contributed by atoms with Crippen LogP contribution in [-0.2, 0) is 38.3 Å². The third-order valence-electron chi connectivity index (χ3n) is 6.48. The zero-order valence-electron chi connectivity index (χ0n) is 29.1. The molecule has 4 rings (SSSR count). The molecule has 4 fully saturated rings. The van der Waals surface area contributed by atoms with Crippen molar-refractivity contribution < 1.29 is 43.4 Å². The predicted octanol–water partition coefficient (Wildman–Crippen LogP) is -6.05. The van der Waals surface area contributed by atoms with Crippen molar-refractivity contribution in [3.05, 3.63) is 0 Å². The van der Waals surface area contributed by atoms with Gasteiger partial charge in [-0.1, -0.05) is 0 Å². The van der Waals surface area contributed by atoms with Crippen molar-refractivity contribution in [1.29, 1.82) is 0 Å². The first-order chi connectivity index (χ1) is 23.5. The molecule has 20 N–H and O–H groups in total. The number of esters is 1. The number of hydrogen-bond acceptors (Lipinski definition) is 15. The number of aliphatic carboxylic acids is 1. The average Bonchev–Trinajstić information content (AvgIpc) is 3.87. The number of alkyl halides is 1. The molecule has 0 aromatic rings. The van der Waals surface area contributed by atoms with Crippen LogP contribution in [0.15, 0.2) is 0 Å². The summed E-state index contributed by atoms with van der Waals surface area (Å²) in [6.07, 6.45) is 5.37. The average molecular weight is 743 g/mol. The highest BCUT2D eigenvalue weighted by Gasteiger charge is 2.24. The Kier molecular flexibility index (Phi) is 31.7. The summed E-state index contributed by atoms with van der Waals surface area (Å²) in [7, 11) is 1.30. The number of nitrogens with two attached hydrogens (primary N) is 7. The van der Waals surface area contributed by atoms with Crippen LogP contribution in [0.3, 0.4) is 0 Å². The van der Waals surface area contributed by atoms with Gasteiger partial charge in [-0.15, -0.1) is 11.6 Å². The monoisotopic (exact) mass is 742 g/mol. The van der Waals surface area contributed by atoms with Crippen molar-refractivity contribution in [2.45, 2.75) is 81.7 Å². The Bertz CT molecular complexity index is 972. The van der Waals surface area contributed by atoms with E-state index in [2.05, 4.69) is 42.9 Å². The topological polar surface area (TPSA) is 391 Å². The third kappa shape index (κ3) is 26.2. The summed E-state index contributed by atoms with van der Waals surface area (Å²) >= 11 is 4.64. The molecule has 4 saturated heterocycles. The van der Waals surface area contributed by atoms with E-state index in [9.17, 15) is 33.6 Å². The minimum Gasteiger partial charge on any atom is -0.480 e. The normalized spacial score (nSPS) is 22.1. The molecule has 22 heteroatoms. The van der Waals surface area contributed by atoms with Gasteiger partial charge in [-0.2, -0.15) is 0 Å². The van der Waals surface area contributed by atoms with Crippen molar-refractivity contribution in [1.82, 2.24) is 26.6 Å². The van der Waals surface area contributed by atoms with E-state index in [1.165, 1.54) is 20.4 Å². The molecule has 0 bridgehead atoms. The number of carbonyl (C=O) groups is 7. The molecular formula is C28H59ClN12O9. The summed E-state index contributed by atoms with van der Waals surface area (Å²) in [5.41, 5.74) is 36.3. The van der Waals surface area contributed by atoms with E-state index in [-0.39, 0.29) is 53.7 Å². The number of carboxylic acid groups (broad SMARTS) is 1. The first-order valence-corrected chi connectivity index (χ1v) is 16.5. The second kappa shape index (κ2) is 31.3. The van der Waals surface area contributed by atoms with Crippen LogP contribution in [0.5, 0.6) is 0 Å². The maximum atomic E-state index is 10.8. The summed E-state index contributed by atoms with van der Waals surface area (Å²) in [5.74, 6) is -1.66. The number of carbonyl (C=O) groups excluding carboxylic acids is 6. The smallest absolute Gasteiger partial charge is 0.322 e. The van der Waals surface area contributed by atoms with E-state index in [4.69, 9.17) is 45.2 Å². The maximum Gasteiger partial charge on any atom is 0.322 e. The van der Waals surface area contributed by atoms with Crippen LogP contribution in [0, 0.1) is 0 Å². The molecule has 0 aromatic heterocycles. The highest BCUT2D eigenvalue weighted by molar-refractivity contribution is 6.15. The van der Waals surface area contributed by atoms with Crippen LogP contribution in [-0.4, -0.2) is 136 Å². The Hall–Kier alpha value is -3.70. The molecule has 0 radical (unpaired) electrons. The molecule has 6 atom stereocenters. The van der Waals surface area contributed by atoms with Gasteiger partial charge in [0.15, 0.2) is 0 Å². The van der Waals surface area contributed by atoms with Crippen molar-refractivity contribution in [3.8, 4) is 0 Å². The van der Waals surface area contributed by atoms with Gasteiger partial charge >= 0.3 is 11.9 Å². The standard InChI is InChI=1S/C6H10N2O2.C5H12N2O2.C4H10N2O2.3C4H8N2O.CH3Cl/c1-4(9)8-5-2-3-7-6(5)10;1-9-5(8)4(7)2-3-6;5-2-1-3(6)4(7)8;3*5-3-1-2-6-4(3)7;1-2/h5H,2-3H2,1H3,(H,7,10)(H,8,9);4H,2-3,6-7H2,1H3;3H,1-2,5-6H2,(H,7,8);3*3H,1-2,5H2,(H,6,7);1H3/t5-;4-;4*3-;/m000000./s1. The summed E-state index contributed by atoms with van der Waals surface area (Å²) in [6.45, 7) is 5.07. The Balaban J connectivity index is -0.000000527. The Labute approximate surface area is 297 Å². The third-order valence-corrected chi connectivity index (χ3v) is 6.48. The molecule has 0 saturated carbocycles. The van der Waals surface area contributed by atoms with Crippen LogP contribution in [0.4, 0.5) is 0 Å². The summed E-state index contributed by atoms with van der Waals surface area (Å²) in [5, 5.41) is 21.1. The second-order valence-electron chi connectivity index (χ2n) is 10.6. The zero-order valence-corrected chi connectivity index (χ0v) is 29.8. The van der Waals surface area contributed by atoms with E-state index in [0.29, 0.717) is 38.9 Å². The number of methoxy groups -OCH3 is 1. The summed E-state index contributed by atoms with van der Waals surface area (Å²) in [4.78, 5) is 72.7. The molecule has 4 aliphatic rings. The molecule has 50 heavy (non-hydrogen) atoms. The number of amides is 5. The summed E-state index contributed by atoms with van der Waals surface area (Å²) in [6, 6.07) is -2.35. The number of halogens is 1. The van der Waals surface area contributed by atoms with E-state index in [0.717, 1.165) is 38.9 Å². The fourth-order valence-electron chi connectivity index (χ4n) is 3.57. The molecule has 292 valence electrons. The number of ether oxygens (including phenoxy) is 1. The maximum absolute atomic E-state index is 10.8. The molecule has 4 heterocycles. The molecule has 0 spiro atoms. The fraction of sp³-hybridized carbons (Fsp3) is 0.750. The van der Waals surface area contributed by atoms with Gasteiger partial charge in [0.05, 0.1) is 25.2 Å². The molecule has 4 aliphatic heterocycles. The first-order valence-electron chi connectivity index (χ1n) is 15.8.